The molecular weight excluding hydrogens is 437 g/mol. The van der Waals surface area contributed by atoms with Gasteiger partial charge in [-0.2, -0.15) is 0 Å². The fraction of sp³-hybridized carbons (Fsp3) is 0.167. The van der Waals surface area contributed by atoms with Gasteiger partial charge < -0.3 is 14.6 Å². The van der Waals surface area contributed by atoms with E-state index in [9.17, 15) is 14.0 Å². The molecule has 164 valence electrons. The second-order valence-corrected chi connectivity index (χ2v) is 7.61. The molecule has 0 fully saturated rings. The second-order valence-electron chi connectivity index (χ2n) is 7.21. The van der Waals surface area contributed by atoms with E-state index in [0.717, 1.165) is 11.1 Å². The maximum Gasteiger partial charge on any atom is 0.416 e. The number of ether oxygens (including phenoxy) is 2. The molecule has 0 radical (unpaired) electrons. The topological polar surface area (TPSA) is 76.1 Å². The summed E-state index contributed by atoms with van der Waals surface area (Å²) < 4.78 is 25.2. The first kappa shape index (κ1) is 21.6. The van der Waals surface area contributed by atoms with E-state index in [2.05, 4.69) is 0 Å². The summed E-state index contributed by atoms with van der Waals surface area (Å²) in [5, 5.41) is 9.31. The van der Waals surface area contributed by atoms with E-state index in [-0.39, 0.29) is 16.5 Å². The minimum absolute atomic E-state index is 0.172. The SMILES string of the molecule is O=C(O)COc1ccc(F)cc1C1c2ccccc2CCN1C(=O)Oc1ccccc1Cl. The highest BCUT2D eigenvalue weighted by molar-refractivity contribution is 6.32. The van der Waals surface area contributed by atoms with Gasteiger partial charge in [0.15, 0.2) is 12.4 Å². The van der Waals surface area contributed by atoms with Crippen LogP contribution in [0.1, 0.15) is 22.7 Å². The van der Waals surface area contributed by atoms with Gasteiger partial charge in [0.1, 0.15) is 11.6 Å². The Morgan fingerprint density at radius 1 is 1.03 bits per heavy atom. The molecule has 1 heterocycles. The zero-order valence-corrected chi connectivity index (χ0v) is 17.6. The quantitative estimate of drug-likeness (QED) is 0.580. The number of fused-ring (bicyclic) bond motifs is 1. The number of amides is 1. The van der Waals surface area contributed by atoms with E-state index >= 15 is 0 Å². The van der Waals surface area contributed by atoms with Crippen LogP contribution in [0, 0.1) is 5.82 Å². The van der Waals surface area contributed by atoms with E-state index in [1.807, 2.05) is 24.3 Å². The summed E-state index contributed by atoms with van der Waals surface area (Å²) in [5.74, 6) is -1.33. The molecule has 6 nitrogen and oxygen atoms in total. The number of benzene rings is 3. The zero-order valence-electron chi connectivity index (χ0n) is 16.8. The van der Waals surface area contributed by atoms with Crippen LogP contribution in [0.3, 0.4) is 0 Å². The number of carbonyl (C=O) groups excluding carboxylic acids is 1. The summed E-state index contributed by atoms with van der Waals surface area (Å²) in [6.45, 7) is -0.295. The molecule has 1 aliphatic rings. The molecule has 0 saturated carbocycles. The summed E-state index contributed by atoms with van der Waals surface area (Å²) in [4.78, 5) is 25.7. The molecule has 1 atom stereocenters. The molecule has 1 unspecified atom stereocenters. The zero-order chi connectivity index (χ0) is 22.7. The van der Waals surface area contributed by atoms with Gasteiger partial charge in [0.2, 0.25) is 0 Å². The summed E-state index contributed by atoms with van der Waals surface area (Å²) in [5.41, 5.74) is 2.10. The third kappa shape index (κ3) is 4.53. The molecule has 0 bridgehead atoms. The Hall–Kier alpha value is -3.58. The van der Waals surface area contributed by atoms with Crippen LogP contribution in [0.4, 0.5) is 9.18 Å². The van der Waals surface area contributed by atoms with Crippen LogP contribution in [-0.2, 0) is 11.2 Å². The fourth-order valence-electron chi connectivity index (χ4n) is 3.78. The van der Waals surface area contributed by atoms with Crippen LogP contribution in [0.2, 0.25) is 5.02 Å². The van der Waals surface area contributed by atoms with Crippen molar-refractivity contribution < 1.29 is 28.6 Å². The van der Waals surface area contributed by atoms with Crippen molar-refractivity contribution in [3.05, 3.63) is 94.3 Å². The lowest BCUT2D eigenvalue weighted by Gasteiger charge is -2.37. The third-order valence-corrected chi connectivity index (χ3v) is 5.48. The van der Waals surface area contributed by atoms with Gasteiger partial charge in [-0.1, -0.05) is 48.0 Å². The molecule has 3 aromatic rings. The number of carbonyl (C=O) groups is 2. The Morgan fingerprint density at radius 2 is 1.78 bits per heavy atom. The first-order valence-corrected chi connectivity index (χ1v) is 10.3. The predicted molar refractivity (Wildman–Crippen MR) is 116 cm³/mol. The molecule has 1 aliphatic heterocycles. The normalized spacial score (nSPS) is 15.1. The molecule has 1 N–H and O–H groups in total. The summed E-state index contributed by atoms with van der Waals surface area (Å²) in [6.07, 6.45) is -0.0867. The van der Waals surface area contributed by atoms with E-state index in [1.165, 1.54) is 23.1 Å². The molecule has 8 heteroatoms. The van der Waals surface area contributed by atoms with Gasteiger partial charge in [-0.05, 0) is 47.9 Å². The van der Waals surface area contributed by atoms with Crippen molar-refractivity contribution in [1.29, 1.82) is 0 Å². The number of para-hydroxylation sites is 1. The first-order valence-electron chi connectivity index (χ1n) is 9.89. The summed E-state index contributed by atoms with van der Waals surface area (Å²) in [6, 6.07) is 17.2. The number of hydrogen-bond donors (Lipinski definition) is 1. The van der Waals surface area contributed by atoms with Gasteiger partial charge >= 0.3 is 12.1 Å². The van der Waals surface area contributed by atoms with Crippen LogP contribution in [0.5, 0.6) is 11.5 Å². The molecular formula is C24H19ClFNO5. The van der Waals surface area contributed by atoms with Crippen molar-refractivity contribution in [3.8, 4) is 11.5 Å². The molecule has 0 spiro atoms. The molecule has 3 aromatic carbocycles. The Balaban J connectivity index is 1.77. The Morgan fingerprint density at radius 3 is 2.56 bits per heavy atom. The van der Waals surface area contributed by atoms with E-state index in [0.29, 0.717) is 18.5 Å². The maximum absolute atomic E-state index is 14.3. The number of hydrogen-bond acceptors (Lipinski definition) is 4. The van der Waals surface area contributed by atoms with Crippen molar-refractivity contribution in [1.82, 2.24) is 4.90 Å². The monoisotopic (exact) mass is 455 g/mol. The molecule has 0 aromatic heterocycles. The van der Waals surface area contributed by atoms with Crippen molar-refractivity contribution in [2.45, 2.75) is 12.5 Å². The van der Waals surface area contributed by atoms with Gasteiger partial charge in [-0.25, -0.2) is 14.0 Å². The minimum atomic E-state index is -1.17. The number of nitrogens with zero attached hydrogens (tertiary/aromatic N) is 1. The Kier molecular flexibility index (Phi) is 6.28. The van der Waals surface area contributed by atoms with Gasteiger partial charge in [-0.15, -0.1) is 0 Å². The minimum Gasteiger partial charge on any atom is -0.482 e. The highest BCUT2D eigenvalue weighted by Gasteiger charge is 2.35. The first-order chi connectivity index (χ1) is 15.4. The molecule has 32 heavy (non-hydrogen) atoms. The standard InChI is InChI=1S/C24H19ClFNO5/c25-19-7-3-4-8-21(19)32-24(30)27-12-11-15-5-1-2-6-17(15)23(27)18-13-16(26)9-10-20(18)31-14-22(28)29/h1-10,13,23H,11-12,14H2,(H,28,29). The lowest BCUT2D eigenvalue weighted by molar-refractivity contribution is -0.139. The lowest BCUT2D eigenvalue weighted by atomic mass is 9.88. The van der Waals surface area contributed by atoms with E-state index in [1.54, 1.807) is 24.3 Å². The van der Waals surface area contributed by atoms with Crippen LogP contribution in [0.15, 0.2) is 66.7 Å². The Labute approximate surface area is 188 Å². The molecule has 1 amide bonds. The van der Waals surface area contributed by atoms with Crippen molar-refractivity contribution in [2.75, 3.05) is 13.2 Å². The predicted octanol–water partition coefficient (Wildman–Crippen LogP) is 5.09. The average Bonchev–Trinajstić information content (AvgIpc) is 2.78. The number of halogens is 2. The highest BCUT2D eigenvalue weighted by atomic mass is 35.5. The number of carboxylic acids is 1. The molecule has 0 aliphatic carbocycles. The maximum atomic E-state index is 14.3. The van der Waals surface area contributed by atoms with E-state index in [4.69, 9.17) is 26.2 Å². The summed E-state index contributed by atoms with van der Waals surface area (Å²) >= 11 is 6.14. The van der Waals surface area contributed by atoms with Crippen molar-refractivity contribution >= 4 is 23.7 Å². The van der Waals surface area contributed by atoms with Crippen LogP contribution in [0.25, 0.3) is 0 Å². The van der Waals surface area contributed by atoms with Gasteiger partial charge in [0, 0.05) is 12.1 Å². The van der Waals surface area contributed by atoms with Gasteiger partial charge in [-0.3, -0.25) is 4.90 Å². The summed E-state index contributed by atoms with van der Waals surface area (Å²) in [7, 11) is 0. The largest absolute Gasteiger partial charge is 0.482 e. The Bertz CT molecular complexity index is 1170. The fourth-order valence-corrected chi connectivity index (χ4v) is 3.96. The smallest absolute Gasteiger partial charge is 0.416 e. The van der Waals surface area contributed by atoms with E-state index < -0.39 is 30.5 Å². The molecule has 4 rings (SSSR count). The number of carboxylic acid groups (broad SMARTS) is 1. The second kappa shape index (κ2) is 9.28. The molecule has 0 saturated heterocycles. The third-order valence-electron chi connectivity index (χ3n) is 5.17. The van der Waals surface area contributed by atoms with Crippen molar-refractivity contribution in [3.63, 3.8) is 0 Å². The van der Waals surface area contributed by atoms with Gasteiger partial charge in [0.05, 0.1) is 11.1 Å². The van der Waals surface area contributed by atoms with Crippen LogP contribution < -0.4 is 9.47 Å². The van der Waals surface area contributed by atoms with Crippen LogP contribution in [-0.4, -0.2) is 35.2 Å². The van der Waals surface area contributed by atoms with Gasteiger partial charge in [0.25, 0.3) is 0 Å². The van der Waals surface area contributed by atoms with Crippen LogP contribution >= 0.6 is 11.6 Å². The highest BCUT2D eigenvalue weighted by Crippen LogP contribution is 2.40. The number of aliphatic carboxylic acids is 1. The average molecular weight is 456 g/mol. The lowest BCUT2D eigenvalue weighted by Crippen LogP contribution is -2.42. The van der Waals surface area contributed by atoms with Crippen molar-refractivity contribution in [2.24, 2.45) is 0 Å². The number of rotatable bonds is 5.